The number of aromatic nitrogens is 1. The molecule has 7 rings (SSSR count). The maximum absolute atomic E-state index is 13.3. The zero-order chi connectivity index (χ0) is 26.8. The highest BCUT2D eigenvalue weighted by molar-refractivity contribution is 5.97. The summed E-state index contributed by atoms with van der Waals surface area (Å²) in [6.45, 7) is 7.36. The molecule has 1 aromatic heterocycles. The molecule has 6 atom stereocenters. The molecule has 1 aliphatic heterocycles. The number of rotatable bonds is 3. The molecule has 0 radical (unpaired) electrons. The molecule has 0 saturated heterocycles. The number of benzene rings is 1. The molecule has 2 unspecified atom stereocenters. The van der Waals surface area contributed by atoms with Gasteiger partial charge in [-0.25, -0.2) is 0 Å². The van der Waals surface area contributed by atoms with Crippen LogP contribution in [-0.4, -0.2) is 50.4 Å². The lowest BCUT2D eigenvalue weighted by Crippen LogP contribution is -2.71. The fraction of sp³-hybridized carbons (Fsp3) is 0.548. The van der Waals surface area contributed by atoms with Crippen molar-refractivity contribution in [3.05, 3.63) is 59.0 Å². The van der Waals surface area contributed by atoms with Gasteiger partial charge in [0.25, 0.3) is 0 Å². The Labute approximate surface area is 221 Å². The van der Waals surface area contributed by atoms with Gasteiger partial charge in [-0.1, -0.05) is 32.0 Å². The molecule has 0 spiro atoms. The molecule has 2 heterocycles. The molecule has 7 nitrogen and oxygen atoms in total. The van der Waals surface area contributed by atoms with E-state index < -0.39 is 40.0 Å². The molecule has 2 aromatic rings. The normalized spacial score (nSPS) is 37.8. The minimum absolute atomic E-state index is 0.116. The number of para-hydroxylation sites is 1. The van der Waals surface area contributed by atoms with Crippen molar-refractivity contribution in [2.45, 2.75) is 88.6 Å². The molecule has 5 aliphatic rings. The van der Waals surface area contributed by atoms with Gasteiger partial charge < -0.3 is 24.7 Å². The van der Waals surface area contributed by atoms with Crippen molar-refractivity contribution in [1.29, 1.82) is 0 Å². The van der Waals surface area contributed by atoms with Crippen LogP contribution >= 0.6 is 0 Å². The summed E-state index contributed by atoms with van der Waals surface area (Å²) in [7, 11) is 0. The van der Waals surface area contributed by atoms with Crippen LogP contribution in [0.3, 0.4) is 0 Å². The van der Waals surface area contributed by atoms with Crippen LogP contribution in [0, 0.1) is 17.3 Å². The number of carbonyl (C=O) groups is 2. The quantitative estimate of drug-likeness (QED) is 0.531. The average molecular weight is 518 g/mol. The van der Waals surface area contributed by atoms with Crippen molar-refractivity contribution >= 4 is 22.7 Å². The lowest BCUT2D eigenvalue weighted by atomic mass is 9.43. The van der Waals surface area contributed by atoms with Crippen molar-refractivity contribution in [2.24, 2.45) is 17.3 Å². The fourth-order valence-corrected chi connectivity index (χ4v) is 8.05. The highest BCUT2D eigenvalue weighted by Crippen LogP contribution is 2.69. The van der Waals surface area contributed by atoms with E-state index in [1.165, 1.54) is 17.0 Å². The highest BCUT2D eigenvalue weighted by atomic mass is 16.6. The van der Waals surface area contributed by atoms with Crippen LogP contribution in [0.5, 0.6) is 0 Å². The smallest absolute Gasteiger partial charge is 0.309 e. The van der Waals surface area contributed by atoms with E-state index in [4.69, 9.17) is 9.47 Å². The van der Waals surface area contributed by atoms with Gasteiger partial charge in [-0.3, -0.25) is 9.59 Å². The van der Waals surface area contributed by atoms with Gasteiger partial charge >= 0.3 is 5.97 Å². The van der Waals surface area contributed by atoms with Crippen LogP contribution in [0.1, 0.15) is 64.6 Å². The van der Waals surface area contributed by atoms with Crippen molar-refractivity contribution in [3.63, 3.8) is 0 Å². The molecule has 0 bridgehead atoms. The Morgan fingerprint density at radius 1 is 1.21 bits per heavy atom. The van der Waals surface area contributed by atoms with E-state index in [1.54, 1.807) is 13.8 Å². The third kappa shape index (κ3) is 2.87. The molecule has 1 aromatic carbocycles. The number of hydrogen-bond acceptors (Lipinski definition) is 6. The van der Waals surface area contributed by atoms with Gasteiger partial charge in [0.15, 0.2) is 11.9 Å². The Kier molecular flexibility index (Phi) is 4.70. The van der Waals surface area contributed by atoms with Gasteiger partial charge in [-0.05, 0) is 75.7 Å². The molecule has 3 N–H and O–H groups in total. The summed E-state index contributed by atoms with van der Waals surface area (Å²) < 4.78 is 12.3. The molecule has 2 saturated carbocycles. The highest BCUT2D eigenvalue weighted by Gasteiger charge is 2.73. The summed E-state index contributed by atoms with van der Waals surface area (Å²) >= 11 is 0. The van der Waals surface area contributed by atoms with Gasteiger partial charge in [0.05, 0.1) is 5.92 Å². The number of aromatic amines is 1. The number of hydrogen-bond donors (Lipinski definition) is 3. The van der Waals surface area contributed by atoms with Crippen molar-refractivity contribution in [2.75, 3.05) is 0 Å². The predicted molar refractivity (Wildman–Crippen MR) is 140 cm³/mol. The number of ketones is 1. The second kappa shape index (κ2) is 7.39. The van der Waals surface area contributed by atoms with E-state index in [1.807, 2.05) is 18.2 Å². The number of H-pyrrole nitrogens is 1. The first-order valence-corrected chi connectivity index (χ1v) is 13.8. The standard InChI is InChI=1S/C31H35NO6/c1-28(2,35)26-22(33)15-20-23(37-26)11-12-29(3)30(4)17(13-19-18-7-5-6-8-21(18)32-25(19)30)14-24(31(20,29)36)38-27(34)16-9-10-16/h5-8,11,15-17,24,26,32,35-36H,9-10,12-14H2,1-4H3/t17-,24+,26?,29?,30-,31+/m1/s1. The van der Waals surface area contributed by atoms with E-state index >= 15 is 0 Å². The number of ether oxygens (including phenoxy) is 2. The monoisotopic (exact) mass is 517 g/mol. The first-order chi connectivity index (χ1) is 17.9. The van der Waals surface area contributed by atoms with Crippen LogP contribution < -0.4 is 0 Å². The van der Waals surface area contributed by atoms with Gasteiger partial charge in [0.2, 0.25) is 0 Å². The SMILES string of the molecule is CC(C)(O)C1OC2=CCC3(C)[C@@]4(C)c5[nH]c6ccccc6c5C[C@@H]4C[C@H](OC(=O)C4CC4)[C@@]3(O)C2=CC1=O. The van der Waals surface area contributed by atoms with Gasteiger partial charge in [-0.15, -0.1) is 0 Å². The van der Waals surface area contributed by atoms with Crippen LogP contribution in [0.25, 0.3) is 10.9 Å². The first-order valence-electron chi connectivity index (χ1n) is 13.8. The van der Waals surface area contributed by atoms with Gasteiger partial charge in [0.1, 0.15) is 23.1 Å². The molecule has 0 amide bonds. The second-order valence-electron chi connectivity index (χ2n) is 13.0. The van der Waals surface area contributed by atoms with Crippen LogP contribution in [0.4, 0.5) is 0 Å². The lowest BCUT2D eigenvalue weighted by molar-refractivity contribution is -0.222. The van der Waals surface area contributed by atoms with Crippen LogP contribution in [-0.2, 0) is 30.9 Å². The van der Waals surface area contributed by atoms with E-state index in [-0.39, 0.29) is 17.8 Å². The van der Waals surface area contributed by atoms with E-state index in [0.29, 0.717) is 24.2 Å². The molecular weight excluding hydrogens is 482 g/mol. The largest absolute Gasteiger partial charge is 0.479 e. The zero-order valence-electron chi connectivity index (χ0n) is 22.3. The second-order valence-corrected chi connectivity index (χ2v) is 13.0. The number of carbonyl (C=O) groups excluding carboxylic acids is 2. The number of aliphatic hydroxyl groups is 2. The molecular formula is C31H35NO6. The van der Waals surface area contributed by atoms with Crippen molar-refractivity contribution in [1.82, 2.24) is 4.98 Å². The van der Waals surface area contributed by atoms with Crippen molar-refractivity contribution in [3.8, 4) is 0 Å². The number of nitrogens with one attached hydrogen (secondary N) is 1. The molecule has 4 aliphatic carbocycles. The summed E-state index contributed by atoms with van der Waals surface area (Å²) in [5.41, 5.74) is -0.556. The first kappa shape index (κ1) is 24.2. The van der Waals surface area contributed by atoms with E-state index in [0.717, 1.165) is 30.5 Å². The maximum atomic E-state index is 13.3. The van der Waals surface area contributed by atoms with Crippen molar-refractivity contribution < 1.29 is 29.3 Å². The zero-order valence-corrected chi connectivity index (χ0v) is 22.3. The maximum Gasteiger partial charge on any atom is 0.309 e. The summed E-state index contributed by atoms with van der Waals surface area (Å²) in [5.74, 6) is -0.267. The number of esters is 1. The minimum Gasteiger partial charge on any atom is -0.479 e. The van der Waals surface area contributed by atoms with E-state index in [9.17, 15) is 19.8 Å². The van der Waals surface area contributed by atoms with Crippen LogP contribution in [0.2, 0.25) is 0 Å². The summed E-state index contributed by atoms with van der Waals surface area (Å²) in [4.78, 5) is 30.0. The molecule has 7 heteroatoms. The Balaban J connectivity index is 1.42. The Hall–Kier alpha value is -2.90. The third-order valence-corrected chi connectivity index (χ3v) is 10.5. The van der Waals surface area contributed by atoms with Gasteiger partial charge in [0, 0.05) is 33.0 Å². The summed E-state index contributed by atoms with van der Waals surface area (Å²) in [6, 6.07) is 8.28. The Bertz CT molecular complexity index is 1460. The number of allylic oxidation sites excluding steroid dienone is 1. The van der Waals surface area contributed by atoms with Gasteiger partial charge in [-0.2, -0.15) is 0 Å². The molecule has 38 heavy (non-hydrogen) atoms. The lowest BCUT2D eigenvalue weighted by Gasteiger charge is -2.64. The number of fused-ring (bicyclic) bond motifs is 9. The Morgan fingerprint density at radius 2 is 1.95 bits per heavy atom. The minimum atomic E-state index is -1.66. The average Bonchev–Trinajstić information content (AvgIpc) is 3.60. The molecule has 200 valence electrons. The topological polar surface area (TPSA) is 109 Å². The third-order valence-electron chi connectivity index (χ3n) is 10.5. The summed E-state index contributed by atoms with van der Waals surface area (Å²) in [6.07, 6.45) is 4.86. The van der Waals surface area contributed by atoms with Crippen LogP contribution in [0.15, 0.2) is 47.7 Å². The Morgan fingerprint density at radius 3 is 2.66 bits per heavy atom. The summed E-state index contributed by atoms with van der Waals surface area (Å²) in [5, 5.41) is 24.8. The van der Waals surface area contributed by atoms with E-state index in [2.05, 4.69) is 31.0 Å². The predicted octanol–water partition coefficient (Wildman–Crippen LogP) is 4.01. The molecule has 2 fully saturated rings. The fourth-order valence-electron chi connectivity index (χ4n) is 8.05.